The minimum Gasteiger partial charge on any atom is -0.494 e. The third-order valence-corrected chi connectivity index (χ3v) is 5.05. The van der Waals surface area contributed by atoms with Crippen molar-refractivity contribution >= 4 is 5.91 Å². The van der Waals surface area contributed by atoms with Gasteiger partial charge in [-0.15, -0.1) is 0 Å². The van der Waals surface area contributed by atoms with E-state index < -0.39 is 0 Å². The summed E-state index contributed by atoms with van der Waals surface area (Å²) in [7, 11) is 0. The smallest absolute Gasteiger partial charge is 0.276 e. The van der Waals surface area contributed by atoms with Crippen LogP contribution in [0.25, 0.3) is 11.6 Å². The number of ether oxygens (including phenoxy) is 1. The van der Waals surface area contributed by atoms with Gasteiger partial charge in [0.15, 0.2) is 5.82 Å². The number of hydrogen-bond donors (Lipinski definition) is 0. The number of carbonyl (C=O) groups excluding carboxylic acids is 1. The monoisotopic (exact) mass is 392 g/mol. The highest BCUT2D eigenvalue weighted by Crippen LogP contribution is 2.27. The zero-order valence-electron chi connectivity index (χ0n) is 16.5. The zero-order valence-corrected chi connectivity index (χ0v) is 16.5. The van der Waals surface area contributed by atoms with E-state index in [2.05, 4.69) is 15.1 Å². The average Bonchev–Trinajstić information content (AvgIpc) is 3.26. The number of amides is 1. The van der Waals surface area contributed by atoms with Crippen molar-refractivity contribution in [2.45, 2.75) is 32.1 Å². The number of likely N-dealkylation sites (tertiary alicyclic amines) is 1. The molecule has 1 aromatic carbocycles. The Kier molecular flexibility index (Phi) is 5.84. The highest BCUT2D eigenvalue weighted by Gasteiger charge is 2.28. The second kappa shape index (κ2) is 8.86. The van der Waals surface area contributed by atoms with Gasteiger partial charge in [0.2, 0.25) is 5.91 Å². The predicted octanol–water partition coefficient (Wildman–Crippen LogP) is 3.48. The molecule has 29 heavy (non-hydrogen) atoms. The van der Waals surface area contributed by atoms with Crippen molar-refractivity contribution in [3.8, 4) is 17.3 Å². The Balaban J connectivity index is 1.39. The zero-order chi connectivity index (χ0) is 20.1. The number of aromatic nitrogens is 3. The van der Waals surface area contributed by atoms with Crippen LogP contribution >= 0.6 is 0 Å². The predicted molar refractivity (Wildman–Crippen MR) is 107 cm³/mol. The van der Waals surface area contributed by atoms with E-state index in [0.29, 0.717) is 37.0 Å². The molecule has 1 saturated heterocycles. The number of hydrogen-bond acceptors (Lipinski definition) is 6. The van der Waals surface area contributed by atoms with E-state index >= 15 is 0 Å². The van der Waals surface area contributed by atoms with E-state index in [9.17, 15) is 4.79 Å². The molecule has 7 heteroatoms. The van der Waals surface area contributed by atoms with Gasteiger partial charge in [-0.1, -0.05) is 23.4 Å². The van der Waals surface area contributed by atoms with Crippen molar-refractivity contribution in [1.82, 2.24) is 20.0 Å². The second-order valence-electron chi connectivity index (χ2n) is 7.11. The van der Waals surface area contributed by atoms with Gasteiger partial charge in [-0.2, -0.15) is 4.98 Å². The highest BCUT2D eigenvalue weighted by atomic mass is 16.5. The van der Waals surface area contributed by atoms with Crippen LogP contribution in [-0.2, 0) is 11.2 Å². The lowest BCUT2D eigenvalue weighted by Crippen LogP contribution is -2.40. The van der Waals surface area contributed by atoms with E-state index in [1.807, 2.05) is 54.3 Å². The fraction of sp³-hybridized carbons (Fsp3) is 0.364. The Bertz CT molecular complexity index is 940. The Morgan fingerprint density at radius 1 is 1.24 bits per heavy atom. The minimum atomic E-state index is 0.0780. The van der Waals surface area contributed by atoms with Crippen LogP contribution in [0.15, 0.2) is 53.2 Å². The van der Waals surface area contributed by atoms with E-state index in [1.54, 1.807) is 6.20 Å². The lowest BCUT2D eigenvalue weighted by molar-refractivity contribution is -0.131. The quantitative estimate of drug-likeness (QED) is 0.639. The Morgan fingerprint density at radius 3 is 2.86 bits per heavy atom. The number of nitrogens with zero attached hydrogens (tertiary/aromatic N) is 4. The van der Waals surface area contributed by atoms with Crippen LogP contribution in [0.4, 0.5) is 0 Å². The molecular formula is C22H24N4O3. The summed E-state index contributed by atoms with van der Waals surface area (Å²) in [4.78, 5) is 23.5. The molecule has 1 fully saturated rings. The van der Waals surface area contributed by atoms with Crippen molar-refractivity contribution in [1.29, 1.82) is 0 Å². The third kappa shape index (κ3) is 4.62. The van der Waals surface area contributed by atoms with E-state index in [0.717, 1.165) is 30.7 Å². The topological polar surface area (TPSA) is 81.4 Å². The molecule has 3 aromatic rings. The van der Waals surface area contributed by atoms with Gasteiger partial charge in [-0.3, -0.25) is 9.78 Å². The van der Waals surface area contributed by atoms with Crippen molar-refractivity contribution in [3.05, 3.63) is 60.0 Å². The summed E-state index contributed by atoms with van der Waals surface area (Å²) in [6, 6.07) is 13.3. The standard InChI is InChI=1S/C22H24N4O3/c1-2-28-18-10-8-16(9-11-18)14-20(27)26-13-5-6-17(15-26)21-24-22(29-25-21)19-7-3-4-12-23-19/h3-4,7-12,17H,2,5-6,13-15H2,1H3. The summed E-state index contributed by atoms with van der Waals surface area (Å²) < 4.78 is 10.8. The number of carbonyl (C=O) groups is 1. The van der Waals surface area contributed by atoms with Gasteiger partial charge in [-0.05, 0) is 49.6 Å². The molecule has 2 aromatic heterocycles. The van der Waals surface area contributed by atoms with Crippen LogP contribution in [0.1, 0.15) is 37.1 Å². The van der Waals surface area contributed by atoms with Gasteiger partial charge >= 0.3 is 0 Å². The van der Waals surface area contributed by atoms with Crippen molar-refractivity contribution < 1.29 is 14.1 Å². The molecule has 7 nitrogen and oxygen atoms in total. The molecular weight excluding hydrogens is 368 g/mol. The Morgan fingerprint density at radius 2 is 2.10 bits per heavy atom. The molecule has 0 N–H and O–H groups in total. The van der Waals surface area contributed by atoms with Crippen molar-refractivity contribution in [2.75, 3.05) is 19.7 Å². The molecule has 0 radical (unpaired) electrons. The third-order valence-electron chi connectivity index (χ3n) is 5.05. The molecule has 3 heterocycles. The molecule has 1 amide bonds. The maximum atomic E-state index is 12.8. The summed E-state index contributed by atoms with van der Waals surface area (Å²) in [5.41, 5.74) is 1.64. The molecule has 4 rings (SSSR count). The van der Waals surface area contributed by atoms with E-state index in [4.69, 9.17) is 9.26 Å². The Labute approximate surface area is 169 Å². The van der Waals surface area contributed by atoms with Crippen LogP contribution in [0, 0.1) is 0 Å². The lowest BCUT2D eigenvalue weighted by Gasteiger charge is -2.31. The van der Waals surface area contributed by atoms with Gasteiger partial charge in [-0.25, -0.2) is 0 Å². The molecule has 1 atom stereocenters. The fourth-order valence-corrected chi connectivity index (χ4v) is 3.57. The van der Waals surface area contributed by atoms with E-state index in [1.165, 1.54) is 0 Å². The maximum Gasteiger partial charge on any atom is 0.276 e. The second-order valence-corrected chi connectivity index (χ2v) is 7.11. The molecule has 0 aliphatic carbocycles. The molecule has 0 spiro atoms. The van der Waals surface area contributed by atoms with Gasteiger partial charge < -0.3 is 14.2 Å². The highest BCUT2D eigenvalue weighted by molar-refractivity contribution is 5.79. The number of piperidine rings is 1. The largest absolute Gasteiger partial charge is 0.494 e. The first kappa shape index (κ1) is 19.1. The van der Waals surface area contributed by atoms with Gasteiger partial charge in [0.25, 0.3) is 5.89 Å². The fourth-order valence-electron chi connectivity index (χ4n) is 3.57. The number of benzene rings is 1. The van der Waals surface area contributed by atoms with E-state index in [-0.39, 0.29) is 11.8 Å². The van der Waals surface area contributed by atoms with Crippen LogP contribution < -0.4 is 4.74 Å². The number of rotatable bonds is 6. The average molecular weight is 392 g/mol. The minimum absolute atomic E-state index is 0.0780. The summed E-state index contributed by atoms with van der Waals surface area (Å²) in [5.74, 6) is 2.08. The maximum absolute atomic E-state index is 12.8. The summed E-state index contributed by atoms with van der Waals surface area (Å²) in [5, 5.41) is 4.14. The Hall–Kier alpha value is -3.22. The van der Waals surface area contributed by atoms with Crippen molar-refractivity contribution in [3.63, 3.8) is 0 Å². The molecule has 0 bridgehead atoms. The van der Waals surface area contributed by atoms with Gasteiger partial charge in [0.1, 0.15) is 11.4 Å². The van der Waals surface area contributed by atoms with Crippen molar-refractivity contribution in [2.24, 2.45) is 0 Å². The molecule has 1 aliphatic rings. The van der Waals surface area contributed by atoms with Crippen LogP contribution in [-0.4, -0.2) is 45.6 Å². The first-order chi connectivity index (χ1) is 14.2. The molecule has 0 saturated carbocycles. The molecule has 1 unspecified atom stereocenters. The van der Waals surface area contributed by atoms with Gasteiger partial charge in [0.05, 0.1) is 13.0 Å². The first-order valence-electron chi connectivity index (χ1n) is 9.97. The lowest BCUT2D eigenvalue weighted by atomic mass is 9.96. The first-order valence-corrected chi connectivity index (χ1v) is 9.97. The molecule has 150 valence electrons. The number of pyridine rings is 1. The van der Waals surface area contributed by atoms with Crippen LogP contribution in [0.2, 0.25) is 0 Å². The summed E-state index contributed by atoms with van der Waals surface area (Å²) in [6.07, 6.45) is 3.94. The van der Waals surface area contributed by atoms with Gasteiger partial charge in [0, 0.05) is 25.2 Å². The summed E-state index contributed by atoms with van der Waals surface area (Å²) in [6.45, 7) is 3.95. The molecule has 1 aliphatic heterocycles. The SMILES string of the molecule is CCOc1ccc(CC(=O)N2CCCC(c3noc(-c4ccccn4)n3)C2)cc1. The van der Waals surface area contributed by atoms with Crippen LogP contribution in [0.3, 0.4) is 0 Å². The summed E-state index contributed by atoms with van der Waals surface area (Å²) >= 11 is 0. The van der Waals surface area contributed by atoms with Crippen LogP contribution in [0.5, 0.6) is 5.75 Å². The normalized spacial score (nSPS) is 16.6.